The average molecular weight is 423 g/mol. The molecule has 29 heavy (non-hydrogen) atoms. The highest BCUT2D eigenvalue weighted by molar-refractivity contribution is 6.06. The van der Waals surface area contributed by atoms with E-state index in [1.54, 1.807) is 29.5 Å². The summed E-state index contributed by atoms with van der Waals surface area (Å²) in [5.74, 6) is 0.0607. The van der Waals surface area contributed by atoms with Crippen molar-refractivity contribution in [1.29, 1.82) is 0 Å². The number of aromatic hydroxyl groups is 1. The van der Waals surface area contributed by atoms with Gasteiger partial charge in [-0.05, 0) is 41.2 Å². The van der Waals surface area contributed by atoms with Crippen molar-refractivity contribution in [3.8, 4) is 5.75 Å². The van der Waals surface area contributed by atoms with E-state index in [2.05, 4.69) is 0 Å². The van der Waals surface area contributed by atoms with Crippen LogP contribution in [0.1, 0.15) is 23.7 Å². The third kappa shape index (κ3) is 2.90. The lowest BCUT2D eigenvalue weighted by Crippen LogP contribution is -3.00. The molecule has 5 rings (SSSR count). The molecule has 156 valence electrons. The van der Waals surface area contributed by atoms with Gasteiger partial charge in [-0.25, -0.2) is 0 Å². The number of nitrogens with zero attached hydrogens (tertiary/aromatic N) is 4. The number of rotatable bonds is 6. The maximum absolute atomic E-state index is 13.6. The minimum Gasteiger partial charge on any atom is -1.00 e. The fourth-order valence-corrected chi connectivity index (χ4v) is 4.00. The molecule has 1 aromatic rings. The van der Waals surface area contributed by atoms with Crippen molar-refractivity contribution in [2.24, 2.45) is 0 Å². The zero-order valence-electron chi connectivity index (χ0n) is 15.8. The van der Waals surface area contributed by atoms with Crippen molar-refractivity contribution in [1.82, 2.24) is 15.0 Å². The minimum atomic E-state index is -1.38. The second-order valence-electron chi connectivity index (χ2n) is 7.03. The largest absolute Gasteiger partial charge is 1.00 e. The van der Waals surface area contributed by atoms with E-state index in [0.29, 0.717) is 24.4 Å². The maximum Gasteiger partial charge on any atom is 0.247 e. The van der Waals surface area contributed by atoms with Crippen LogP contribution in [0.15, 0.2) is 60.8 Å². The zero-order valence-corrected chi connectivity index (χ0v) is 16.5. The molecule has 0 spiro atoms. The molecule has 10 heteroatoms. The lowest BCUT2D eigenvalue weighted by molar-refractivity contribution is -1.17. The topological polar surface area (TPSA) is 108 Å². The molecular weight excluding hydrogens is 400 g/mol. The smallest absolute Gasteiger partial charge is 0.247 e. The third-order valence-corrected chi connectivity index (χ3v) is 5.41. The molecule has 0 aromatic heterocycles. The van der Waals surface area contributed by atoms with Gasteiger partial charge in [-0.2, -0.15) is 10.3 Å². The molecule has 4 aliphatic rings. The normalized spacial score (nSPS) is 26.1. The lowest BCUT2D eigenvalue weighted by atomic mass is 9.86. The molecule has 1 fully saturated rings. The molecule has 2 bridgehead atoms. The van der Waals surface area contributed by atoms with Crippen molar-refractivity contribution >= 4 is 5.78 Å². The van der Waals surface area contributed by atoms with Crippen molar-refractivity contribution in [3.63, 3.8) is 0 Å². The van der Waals surface area contributed by atoms with Crippen molar-refractivity contribution in [3.05, 3.63) is 66.4 Å². The van der Waals surface area contributed by atoms with Crippen molar-refractivity contribution in [2.45, 2.75) is 25.0 Å². The monoisotopic (exact) mass is 422 g/mol. The second kappa shape index (κ2) is 7.36. The second-order valence-corrected chi connectivity index (χ2v) is 7.03. The fraction of sp³-hybridized carbons (Fsp3) is 0.316. The Hall–Kier alpha value is -2.56. The first-order chi connectivity index (χ1) is 13.4. The van der Waals surface area contributed by atoms with Crippen LogP contribution in [-0.4, -0.2) is 71.0 Å². The molecule has 0 amide bonds. The zero-order chi connectivity index (χ0) is 20.1. The first-order valence-corrected chi connectivity index (χ1v) is 9.09. The van der Waals surface area contributed by atoms with Gasteiger partial charge in [-0.15, -0.1) is 5.01 Å². The molecule has 4 aliphatic heterocycles. The van der Waals surface area contributed by atoms with Crippen LogP contribution in [0.25, 0.3) is 0 Å². The van der Waals surface area contributed by atoms with Gasteiger partial charge in [-0.1, -0.05) is 6.92 Å². The third-order valence-electron chi connectivity index (χ3n) is 5.41. The van der Waals surface area contributed by atoms with Crippen LogP contribution in [0.4, 0.5) is 0 Å². The van der Waals surface area contributed by atoms with Gasteiger partial charge in [0.15, 0.2) is 5.54 Å². The maximum atomic E-state index is 13.6. The van der Waals surface area contributed by atoms with Gasteiger partial charge in [0.1, 0.15) is 5.75 Å². The first-order valence-electron chi connectivity index (χ1n) is 9.09. The highest BCUT2D eigenvalue weighted by atomic mass is 35.5. The lowest BCUT2D eigenvalue weighted by Gasteiger charge is -2.47. The van der Waals surface area contributed by atoms with E-state index in [1.807, 2.05) is 6.92 Å². The highest BCUT2D eigenvalue weighted by Crippen LogP contribution is 2.50. The Labute approximate surface area is 174 Å². The van der Waals surface area contributed by atoms with E-state index in [1.165, 1.54) is 35.5 Å². The van der Waals surface area contributed by atoms with Crippen LogP contribution in [0, 0.1) is 0 Å². The number of fused-ring (bicyclic) bond motifs is 1. The van der Waals surface area contributed by atoms with Gasteiger partial charge >= 0.3 is 0 Å². The summed E-state index contributed by atoms with van der Waals surface area (Å²) in [6.07, 6.45) is 7.92. The number of phenols is 1. The van der Waals surface area contributed by atoms with E-state index >= 15 is 0 Å². The summed E-state index contributed by atoms with van der Waals surface area (Å²) < 4.78 is -0.708. The Bertz CT molecular complexity index is 873. The van der Waals surface area contributed by atoms with Gasteiger partial charge in [0, 0.05) is 30.9 Å². The summed E-state index contributed by atoms with van der Waals surface area (Å²) in [5.41, 5.74) is -1.04. The number of carbonyl (C=O) groups is 1. The highest BCUT2D eigenvalue weighted by Gasteiger charge is 2.71. The number of carbonyl (C=O) groups excluding carboxylic acids is 1. The molecule has 1 aromatic carbocycles. The quantitative estimate of drug-likeness (QED) is 0.318. The Morgan fingerprint density at radius 3 is 2.34 bits per heavy atom. The van der Waals surface area contributed by atoms with E-state index < -0.39 is 16.5 Å². The number of ketones is 1. The summed E-state index contributed by atoms with van der Waals surface area (Å²) in [5, 5.41) is 42.7. The number of quaternary nitrogens is 1. The van der Waals surface area contributed by atoms with E-state index in [-0.39, 0.29) is 30.5 Å². The number of Topliss-reactive ketones (excluding diaryl/α,β-unsaturated/α-hetero) is 1. The Kier molecular flexibility index (Phi) is 5.37. The number of hydroxylamine groups is 4. The van der Waals surface area contributed by atoms with Crippen LogP contribution < -0.4 is 12.4 Å². The van der Waals surface area contributed by atoms with Gasteiger partial charge in [0.05, 0.1) is 6.61 Å². The van der Waals surface area contributed by atoms with E-state index in [0.717, 1.165) is 5.06 Å². The predicted octanol–water partition coefficient (Wildman–Crippen LogP) is -1.67. The molecule has 2 unspecified atom stereocenters. The Morgan fingerprint density at radius 2 is 1.83 bits per heavy atom. The van der Waals surface area contributed by atoms with Crippen molar-refractivity contribution in [2.75, 3.05) is 13.2 Å². The Morgan fingerprint density at radius 1 is 1.21 bits per heavy atom. The average Bonchev–Trinajstić information content (AvgIpc) is 3.06. The van der Waals surface area contributed by atoms with Crippen LogP contribution in [0.3, 0.4) is 0 Å². The van der Waals surface area contributed by atoms with Gasteiger partial charge in [0.2, 0.25) is 24.0 Å². The summed E-state index contributed by atoms with van der Waals surface area (Å²) >= 11 is 0. The van der Waals surface area contributed by atoms with Crippen LogP contribution in [0.2, 0.25) is 0 Å². The molecule has 4 heterocycles. The number of phenolic OH excluding ortho intramolecular Hbond substituents is 1. The Balaban J connectivity index is 0.00000240. The minimum absolute atomic E-state index is 0. The molecule has 9 nitrogen and oxygen atoms in total. The molecule has 4 N–H and O–H groups in total. The number of halogens is 1. The molecule has 2 atom stereocenters. The predicted molar refractivity (Wildman–Crippen MR) is 96.9 cm³/mol. The van der Waals surface area contributed by atoms with Gasteiger partial charge in [-0.3, -0.25) is 10.0 Å². The number of β-amino-alcohol motifs (C(OH)–C–C–N with tert-alkyl or cyclic N) is 1. The number of aliphatic hydroxyl groups excluding tert-OH is 1. The van der Waals surface area contributed by atoms with E-state index in [9.17, 15) is 20.3 Å². The summed E-state index contributed by atoms with van der Waals surface area (Å²) in [4.78, 5) is 15.3. The van der Waals surface area contributed by atoms with Crippen LogP contribution in [0.5, 0.6) is 5.75 Å². The molecule has 1 saturated heterocycles. The van der Waals surface area contributed by atoms with Crippen LogP contribution >= 0.6 is 0 Å². The molecule has 0 aliphatic carbocycles. The number of aliphatic hydroxyl groups is 1. The van der Waals surface area contributed by atoms with Crippen molar-refractivity contribution < 1.29 is 42.6 Å². The van der Waals surface area contributed by atoms with Gasteiger partial charge in [0.25, 0.3) is 0 Å². The van der Waals surface area contributed by atoms with Gasteiger partial charge < -0.3 is 27.5 Å². The molecule has 0 radical (unpaired) electrons. The SMILES string of the molecule is CCC1N(O)C2=C[N+]1(O)N2C1(C(=O)c2ccc(O)cc2)C=CN(CCO)C=C1.[Cl-]. The summed E-state index contributed by atoms with van der Waals surface area (Å²) in [6, 6.07) is 5.89. The summed E-state index contributed by atoms with van der Waals surface area (Å²) in [7, 11) is 0. The number of hydrogen-bond acceptors (Lipinski definition) is 8. The first kappa shape index (κ1) is 21.2. The molecule has 0 saturated carbocycles. The number of hydrogen-bond donors (Lipinski definition) is 4. The van der Waals surface area contributed by atoms with E-state index in [4.69, 9.17) is 5.11 Å². The summed E-state index contributed by atoms with van der Waals surface area (Å²) in [6.45, 7) is 2.15. The van der Waals surface area contributed by atoms with Crippen LogP contribution in [-0.2, 0) is 0 Å². The standard InChI is InChI=1S/C19H22N4O5.ClH/c1-2-17-21(27)16-13-23(17,28)22(16)19(7-9-20(10-8-19)11-12-24)18(26)14-3-5-15(25)6-4-14;/h3-10,13,17,24,27-28H,2,11-12H2,1H3;1H. The number of benzene rings is 1. The fourth-order valence-electron chi connectivity index (χ4n) is 4.00. The molecular formula is C19H23ClN4O5.